The van der Waals surface area contributed by atoms with Crippen LogP contribution in [0.15, 0.2) is 30.6 Å². The van der Waals surface area contributed by atoms with Crippen LogP contribution in [0.25, 0.3) is 11.4 Å². The third-order valence-electron chi connectivity index (χ3n) is 4.00. The van der Waals surface area contributed by atoms with E-state index >= 15 is 0 Å². The fourth-order valence-electron chi connectivity index (χ4n) is 2.96. The Morgan fingerprint density at radius 1 is 1.05 bits per heavy atom. The van der Waals surface area contributed by atoms with Crippen molar-refractivity contribution in [2.75, 3.05) is 4.90 Å². The Bertz CT molecular complexity index is 587. The molecular formula is C16H20N4. The molecule has 0 saturated carbocycles. The van der Waals surface area contributed by atoms with Crippen molar-refractivity contribution in [2.24, 2.45) is 0 Å². The van der Waals surface area contributed by atoms with Crippen molar-refractivity contribution < 1.29 is 0 Å². The van der Waals surface area contributed by atoms with Gasteiger partial charge in [0, 0.05) is 41.8 Å². The normalized spacial score (nSPS) is 22.2. The van der Waals surface area contributed by atoms with Crippen LogP contribution < -0.4 is 4.90 Å². The van der Waals surface area contributed by atoms with Crippen molar-refractivity contribution >= 4 is 5.82 Å². The van der Waals surface area contributed by atoms with E-state index in [0.717, 1.165) is 22.9 Å². The molecule has 104 valence electrons. The first kappa shape index (κ1) is 13.0. The Balaban J connectivity index is 2.03. The van der Waals surface area contributed by atoms with Crippen LogP contribution in [0.4, 0.5) is 5.82 Å². The highest BCUT2D eigenvalue weighted by molar-refractivity contribution is 5.57. The molecule has 0 amide bonds. The quantitative estimate of drug-likeness (QED) is 0.838. The van der Waals surface area contributed by atoms with Gasteiger partial charge in [0.2, 0.25) is 0 Å². The van der Waals surface area contributed by atoms with Gasteiger partial charge in [0.05, 0.1) is 0 Å². The molecule has 4 nitrogen and oxygen atoms in total. The van der Waals surface area contributed by atoms with Crippen LogP contribution in [-0.4, -0.2) is 27.0 Å². The van der Waals surface area contributed by atoms with Crippen LogP contribution in [0, 0.1) is 6.92 Å². The predicted octanol–water partition coefficient (Wildman–Crippen LogP) is 3.22. The monoisotopic (exact) mass is 268 g/mol. The van der Waals surface area contributed by atoms with Gasteiger partial charge in [-0.15, -0.1) is 0 Å². The molecule has 2 aromatic heterocycles. The van der Waals surface area contributed by atoms with E-state index in [9.17, 15) is 0 Å². The average Bonchev–Trinajstić information content (AvgIpc) is 2.78. The maximum atomic E-state index is 4.77. The molecule has 0 bridgehead atoms. The molecular weight excluding hydrogens is 248 g/mol. The molecule has 1 saturated heterocycles. The molecule has 20 heavy (non-hydrogen) atoms. The van der Waals surface area contributed by atoms with Crippen molar-refractivity contribution in [2.45, 2.75) is 45.7 Å². The largest absolute Gasteiger partial charge is 0.351 e. The van der Waals surface area contributed by atoms with Gasteiger partial charge in [-0.2, -0.15) is 0 Å². The smallest absolute Gasteiger partial charge is 0.161 e. The second kappa shape index (κ2) is 5.19. The zero-order valence-electron chi connectivity index (χ0n) is 12.2. The Morgan fingerprint density at radius 2 is 1.70 bits per heavy atom. The van der Waals surface area contributed by atoms with Gasteiger partial charge >= 0.3 is 0 Å². The summed E-state index contributed by atoms with van der Waals surface area (Å²) < 4.78 is 0. The average molecular weight is 268 g/mol. The molecule has 3 rings (SSSR count). The lowest BCUT2D eigenvalue weighted by Crippen LogP contribution is -2.33. The first-order valence-electron chi connectivity index (χ1n) is 7.19. The van der Waals surface area contributed by atoms with Crippen LogP contribution in [0.3, 0.4) is 0 Å². The highest BCUT2D eigenvalue weighted by atomic mass is 15.3. The van der Waals surface area contributed by atoms with E-state index in [4.69, 9.17) is 4.98 Å². The number of nitrogens with zero attached hydrogens (tertiary/aromatic N) is 4. The molecule has 0 aliphatic carbocycles. The van der Waals surface area contributed by atoms with E-state index in [0.29, 0.717) is 12.1 Å². The molecule has 1 aliphatic rings. The predicted molar refractivity (Wildman–Crippen MR) is 80.6 cm³/mol. The maximum Gasteiger partial charge on any atom is 0.161 e. The third kappa shape index (κ3) is 2.38. The molecule has 3 heterocycles. The van der Waals surface area contributed by atoms with Crippen molar-refractivity contribution in [1.29, 1.82) is 0 Å². The number of aryl methyl sites for hydroxylation is 1. The summed E-state index contributed by atoms with van der Waals surface area (Å²) >= 11 is 0. The lowest BCUT2D eigenvalue weighted by molar-refractivity contribution is 0.681. The summed E-state index contributed by atoms with van der Waals surface area (Å²) in [4.78, 5) is 15.8. The summed E-state index contributed by atoms with van der Waals surface area (Å²) in [5.74, 6) is 1.83. The number of anilines is 1. The third-order valence-corrected chi connectivity index (χ3v) is 4.00. The summed E-state index contributed by atoms with van der Waals surface area (Å²) in [6.07, 6.45) is 6.02. The Kier molecular flexibility index (Phi) is 3.38. The van der Waals surface area contributed by atoms with Gasteiger partial charge in [0.25, 0.3) is 0 Å². The molecule has 0 aromatic carbocycles. The molecule has 0 spiro atoms. The SMILES string of the molecule is Cc1cc(N2[C@H](C)CC[C@H]2C)nc(-c2ccncc2)n1. The minimum atomic E-state index is 0.546. The molecule has 0 unspecified atom stereocenters. The fourth-order valence-corrected chi connectivity index (χ4v) is 2.96. The Hall–Kier alpha value is -1.97. The molecule has 2 aromatic rings. The van der Waals surface area contributed by atoms with E-state index in [-0.39, 0.29) is 0 Å². The molecule has 4 heteroatoms. The summed E-state index contributed by atoms with van der Waals surface area (Å²) in [7, 11) is 0. The highest BCUT2D eigenvalue weighted by Crippen LogP contribution is 2.30. The second-order valence-electron chi connectivity index (χ2n) is 5.61. The first-order chi connectivity index (χ1) is 9.65. The minimum absolute atomic E-state index is 0.546. The molecule has 0 radical (unpaired) electrons. The van der Waals surface area contributed by atoms with Crippen molar-refractivity contribution in [1.82, 2.24) is 15.0 Å². The van der Waals surface area contributed by atoms with Gasteiger partial charge in [-0.3, -0.25) is 4.98 Å². The Labute approximate surface area is 119 Å². The maximum absolute atomic E-state index is 4.77. The number of hydrogen-bond donors (Lipinski definition) is 0. The standard InChI is InChI=1S/C16H20N4/c1-11-10-15(20-12(2)4-5-13(20)3)19-16(18-11)14-6-8-17-9-7-14/h6-10,12-13H,4-5H2,1-3H3/t12-,13-/m1/s1. The molecule has 1 fully saturated rings. The van der Waals surface area contributed by atoms with E-state index < -0.39 is 0 Å². The van der Waals surface area contributed by atoms with Crippen LogP contribution in [0.1, 0.15) is 32.4 Å². The lowest BCUT2D eigenvalue weighted by atomic mass is 10.2. The van der Waals surface area contributed by atoms with Crippen molar-refractivity contribution in [3.63, 3.8) is 0 Å². The van der Waals surface area contributed by atoms with Gasteiger partial charge in [0.1, 0.15) is 5.82 Å². The molecule has 1 aliphatic heterocycles. The number of rotatable bonds is 2. The second-order valence-corrected chi connectivity index (χ2v) is 5.61. The van der Waals surface area contributed by atoms with Gasteiger partial charge in [-0.25, -0.2) is 9.97 Å². The van der Waals surface area contributed by atoms with E-state index in [1.165, 1.54) is 12.8 Å². The van der Waals surface area contributed by atoms with Crippen LogP contribution in [0.5, 0.6) is 0 Å². The van der Waals surface area contributed by atoms with E-state index in [1.54, 1.807) is 12.4 Å². The summed E-state index contributed by atoms with van der Waals surface area (Å²) in [6, 6.07) is 7.09. The van der Waals surface area contributed by atoms with Gasteiger partial charge in [-0.05, 0) is 45.7 Å². The van der Waals surface area contributed by atoms with E-state index in [2.05, 4.69) is 34.8 Å². The van der Waals surface area contributed by atoms with Gasteiger partial charge in [0.15, 0.2) is 5.82 Å². The van der Waals surface area contributed by atoms with Crippen LogP contribution in [-0.2, 0) is 0 Å². The summed E-state index contributed by atoms with van der Waals surface area (Å²) in [6.45, 7) is 6.57. The number of hydrogen-bond acceptors (Lipinski definition) is 4. The number of pyridine rings is 1. The van der Waals surface area contributed by atoms with Gasteiger partial charge in [-0.1, -0.05) is 0 Å². The minimum Gasteiger partial charge on any atom is -0.351 e. The lowest BCUT2D eigenvalue weighted by Gasteiger charge is -2.28. The van der Waals surface area contributed by atoms with Crippen molar-refractivity contribution in [3.8, 4) is 11.4 Å². The van der Waals surface area contributed by atoms with Crippen LogP contribution >= 0.6 is 0 Å². The number of aromatic nitrogens is 3. The fraction of sp³-hybridized carbons (Fsp3) is 0.438. The van der Waals surface area contributed by atoms with Gasteiger partial charge < -0.3 is 4.90 Å². The Morgan fingerprint density at radius 3 is 2.35 bits per heavy atom. The summed E-state index contributed by atoms with van der Waals surface area (Å²) in [5, 5.41) is 0. The zero-order chi connectivity index (χ0) is 14.1. The van der Waals surface area contributed by atoms with Crippen LogP contribution in [0.2, 0.25) is 0 Å². The van der Waals surface area contributed by atoms with Crippen molar-refractivity contribution in [3.05, 3.63) is 36.3 Å². The first-order valence-corrected chi connectivity index (χ1v) is 7.19. The van der Waals surface area contributed by atoms with E-state index in [1.807, 2.05) is 19.1 Å². The molecule has 0 N–H and O–H groups in total. The summed E-state index contributed by atoms with van der Waals surface area (Å²) in [5.41, 5.74) is 2.03. The highest BCUT2D eigenvalue weighted by Gasteiger charge is 2.28. The topological polar surface area (TPSA) is 41.9 Å². The molecule has 2 atom stereocenters. The zero-order valence-corrected chi connectivity index (χ0v) is 12.2.